The highest BCUT2D eigenvalue weighted by Crippen LogP contribution is 2.26. The number of aromatic nitrogens is 1. The molecule has 3 aromatic rings. The zero-order chi connectivity index (χ0) is 21.9. The predicted octanol–water partition coefficient (Wildman–Crippen LogP) is 3.40. The van der Waals surface area contributed by atoms with Crippen LogP contribution >= 0.6 is 0 Å². The largest absolute Gasteiger partial charge is 0.495 e. The van der Waals surface area contributed by atoms with Crippen LogP contribution in [-0.2, 0) is 14.8 Å². The van der Waals surface area contributed by atoms with Crippen LogP contribution in [0.5, 0.6) is 5.75 Å². The number of anilines is 1. The number of benzene rings is 2. The van der Waals surface area contributed by atoms with E-state index in [-0.39, 0.29) is 10.6 Å². The molecule has 0 bridgehead atoms. The van der Waals surface area contributed by atoms with E-state index in [4.69, 9.17) is 9.88 Å². The smallest absolute Gasteiger partial charge is 0.248 e. The summed E-state index contributed by atoms with van der Waals surface area (Å²) in [6.07, 6.45) is 3.12. The first-order chi connectivity index (χ1) is 14.2. The van der Waals surface area contributed by atoms with Gasteiger partial charge in [-0.25, -0.2) is 13.6 Å². The molecule has 3 N–H and O–H groups in total. The number of primary sulfonamides is 1. The summed E-state index contributed by atoms with van der Waals surface area (Å²) in [6.45, 7) is 3.99. The van der Waals surface area contributed by atoms with E-state index in [2.05, 4.69) is 9.88 Å². The predicted molar refractivity (Wildman–Crippen MR) is 117 cm³/mol. The molecule has 0 aliphatic heterocycles. The Morgan fingerprint density at radius 3 is 2.43 bits per heavy atom. The molecule has 30 heavy (non-hydrogen) atoms. The van der Waals surface area contributed by atoms with Gasteiger partial charge in [0.15, 0.2) is 0 Å². The van der Waals surface area contributed by atoms with Crippen LogP contribution < -0.4 is 15.2 Å². The van der Waals surface area contributed by atoms with Gasteiger partial charge in [0.1, 0.15) is 10.6 Å². The van der Waals surface area contributed by atoms with Crippen molar-refractivity contribution in [2.75, 3.05) is 12.4 Å². The van der Waals surface area contributed by atoms with Crippen LogP contribution in [0.1, 0.15) is 17.0 Å². The molecule has 2 aromatic carbocycles. The Morgan fingerprint density at radius 1 is 1.10 bits per heavy atom. The highest BCUT2D eigenvalue weighted by Gasteiger charge is 2.16. The molecule has 7 nitrogen and oxygen atoms in total. The molecule has 0 atom stereocenters. The van der Waals surface area contributed by atoms with E-state index in [1.54, 1.807) is 12.1 Å². The molecule has 0 saturated heterocycles. The second kappa shape index (κ2) is 8.56. The molecule has 0 radical (unpaired) electrons. The fourth-order valence-electron chi connectivity index (χ4n) is 3.26. The Hall–Kier alpha value is -3.36. The third-order valence-electron chi connectivity index (χ3n) is 4.64. The van der Waals surface area contributed by atoms with Gasteiger partial charge in [-0.15, -0.1) is 0 Å². The van der Waals surface area contributed by atoms with Gasteiger partial charge in [0.2, 0.25) is 15.9 Å². The van der Waals surface area contributed by atoms with E-state index < -0.39 is 15.9 Å². The van der Waals surface area contributed by atoms with Crippen LogP contribution in [-0.4, -0.2) is 26.0 Å². The number of sulfonamides is 1. The van der Waals surface area contributed by atoms with Crippen LogP contribution in [0.2, 0.25) is 0 Å². The standard InChI is InChI=1S/C22H23N3O4S/c1-15-13-17(16(2)25(15)19-7-5-4-6-8-19)9-12-22(26)24-18-10-11-20(29-3)21(14-18)30(23,27)28/h4-14H,1-3H3,(H,24,26)(H2,23,27,28)/b12-9+. The molecule has 8 heteroatoms. The van der Waals surface area contributed by atoms with Crippen LogP contribution in [0.3, 0.4) is 0 Å². The molecule has 0 aliphatic carbocycles. The normalized spacial score (nSPS) is 11.6. The second-order valence-corrected chi connectivity index (χ2v) is 8.26. The fourth-order valence-corrected chi connectivity index (χ4v) is 3.98. The summed E-state index contributed by atoms with van der Waals surface area (Å²) in [5.41, 5.74) is 4.30. The first-order valence-corrected chi connectivity index (χ1v) is 10.7. The molecular weight excluding hydrogens is 402 g/mol. The van der Waals surface area contributed by atoms with Gasteiger partial charge in [-0.3, -0.25) is 4.79 Å². The van der Waals surface area contributed by atoms with Crippen molar-refractivity contribution in [3.8, 4) is 11.4 Å². The number of nitrogens with two attached hydrogens (primary N) is 1. The third-order valence-corrected chi connectivity index (χ3v) is 5.57. The van der Waals surface area contributed by atoms with Crippen molar-refractivity contribution < 1.29 is 17.9 Å². The van der Waals surface area contributed by atoms with Crippen molar-refractivity contribution in [1.82, 2.24) is 4.57 Å². The number of rotatable bonds is 6. The molecule has 1 amide bonds. The van der Waals surface area contributed by atoms with Crippen molar-refractivity contribution in [1.29, 1.82) is 0 Å². The maximum Gasteiger partial charge on any atom is 0.248 e. The molecule has 3 rings (SSSR count). The maximum absolute atomic E-state index is 12.4. The minimum atomic E-state index is -3.99. The number of nitrogens with one attached hydrogen (secondary N) is 1. The van der Waals surface area contributed by atoms with Gasteiger partial charge in [0.05, 0.1) is 7.11 Å². The molecule has 1 heterocycles. The summed E-state index contributed by atoms with van der Waals surface area (Å²) in [6, 6.07) is 16.2. The van der Waals surface area contributed by atoms with E-state index >= 15 is 0 Å². The molecule has 1 aromatic heterocycles. The van der Waals surface area contributed by atoms with E-state index in [1.165, 1.54) is 25.3 Å². The van der Waals surface area contributed by atoms with Gasteiger partial charge >= 0.3 is 0 Å². The summed E-state index contributed by atoms with van der Waals surface area (Å²) in [5.74, 6) is -0.288. The van der Waals surface area contributed by atoms with Gasteiger partial charge in [-0.05, 0) is 61.9 Å². The van der Waals surface area contributed by atoms with E-state index in [9.17, 15) is 13.2 Å². The van der Waals surface area contributed by atoms with Crippen molar-refractivity contribution in [3.05, 3.63) is 77.6 Å². The molecule has 0 fully saturated rings. The lowest BCUT2D eigenvalue weighted by Crippen LogP contribution is -2.15. The number of nitrogens with zero attached hydrogens (tertiary/aromatic N) is 1. The molecule has 156 valence electrons. The van der Waals surface area contributed by atoms with E-state index in [1.807, 2.05) is 50.2 Å². The topological polar surface area (TPSA) is 103 Å². The van der Waals surface area contributed by atoms with Gasteiger partial charge in [-0.1, -0.05) is 18.2 Å². The van der Waals surface area contributed by atoms with Gasteiger partial charge < -0.3 is 14.6 Å². The lowest BCUT2D eigenvalue weighted by molar-refractivity contribution is -0.111. The number of carbonyl (C=O) groups excluding carboxylic acids is 1. The zero-order valence-electron chi connectivity index (χ0n) is 16.9. The molecule has 0 aliphatic rings. The van der Waals surface area contributed by atoms with Gasteiger partial charge in [0, 0.05) is 28.8 Å². The monoisotopic (exact) mass is 425 g/mol. The van der Waals surface area contributed by atoms with Crippen LogP contribution in [0.15, 0.2) is 65.6 Å². The highest BCUT2D eigenvalue weighted by molar-refractivity contribution is 7.89. The lowest BCUT2D eigenvalue weighted by atomic mass is 10.2. The third kappa shape index (κ3) is 4.61. The number of hydrogen-bond donors (Lipinski definition) is 2. The minimum absolute atomic E-state index is 0.111. The Balaban J connectivity index is 1.81. The van der Waals surface area contributed by atoms with Crippen molar-refractivity contribution in [3.63, 3.8) is 0 Å². The molecular formula is C22H23N3O4S. The van der Waals surface area contributed by atoms with Gasteiger partial charge in [-0.2, -0.15) is 0 Å². The van der Waals surface area contributed by atoms with Crippen molar-refractivity contribution in [2.45, 2.75) is 18.7 Å². The first-order valence-electron chi connectivity index (χ1n) is 9.15. The first kappa shape index (κ1) is 21.4. The van der Waals surface area contributed by atoms with Crippen LogP contribution in [0.4, 0.5) is 5.69 Å². The molecule has 0 saturated carbocycles. The van der Waals surface area contributed by atoms with Crippen molar-refractivity contribution >= 4 is 27.7 Å². The summed E-state index contributed by atoms with van der Waals surface area (Å²) in [7, 11) is -2.65. The Bertz CT molecular complexity index is 1210. The number of carbonyl (C=O) groups is 1. The Morgan fingerprint density at radius 2 is 1.80 bits per heavy atom. The molecule has 0 unspecified atom stereocenters. The Kier molecular flexibility index (Phi) is 6.09. The number of para-hydroxylation sites is 1. The number of amides is 1. The quantitative estimate of drug-likeness (QED) is 0.591. The highest BCUT2D eigenvalue weighted by atomic mass is 32.2. The lowest BCUT2D eigenvalue weighted by Gasteiger charge is -2.09. The molecule has 0 spiro atoms. The minimum Gasteiger partial charge on any atom is -0.495 e. The number of ether oxygens (including phenoxy) is 1. The summed E-state index contributed by atoms with van der Waals surface area (Å²) >= 11 is 0. The van der Waals surface area contributed by atoms with E-state index in [0.29, 0.717) is 5.69 Å². The average molecular weight is 426 g/mol. The number of hydrogen-bond acceptors (Lipinski definition) is 4. The maximum atomic E-state index is 12.4. The van der Waals surface area contributed by atoms with Crippen molar-refractivity contribution in [2.24, 2.45) is 5.14 Å². The van der Waals surface area contributed by atoms with Crippen LogP contribution in [0, 0.1) is 13.8 Å². The average Bonchev–Trinajstić information content (AvgIpc) is 2.99. The number of methoxy groups -OCH3 is 1. The fraction of sp³-hybridized carbons (Fsp3) is 0.136. The van der Waals surface area contributed by atoms with Gasteiger partial charge in [0.25, 0.3) is 0 Å². The van der Waals surface area contributed by atoms with E-state index in [0.717, 1.165) is 22.6 Å². The van der Waals surface area contributed by atoms with Crippen LogP contribution in [0.25, 0.3) is 11.8 Å². The summed E-state index contributed by atoms with van der Waals surface area (Å²) in [5, 5.41) is 7.85. The number of aryl methyl sites for hydroxylation is 1. The SMILES string of the molecule is COc1ccc(NC(=O)/C=C/c2cc(C)n(-c3ccccc3)c2C)cc1S(N)(=O)=O. The zero-order valence-corrected chi connectivity index (χ0v) is 17.7. The summed E-state index contributed by atoms with van der Waals surface area (Å²) in [4.78, 5) is 12.2. The Labute approximate surface area is 175 Å². The second-order valence-electron chi connectivity index (χ2n) is 6.73. The summed E-state index contributed by atoms with van der Waals surface area (Å²) < 4.78 is 30.6.